The summed E-state index contributed by atoms with van der Waals surface area (Å²) in [6.45, 7) is 0.484. The van der Waals surface area contributed by atoms with Gasteiger partial charge in [-0.25, -0.2) is 0 Å². The summed E-state index contributed by atoms with van der Waals surface area (Å²) in [5.41, 5.74) is 8.28. The van der Waals surface area contributed by atoms with Crippen LogP contribution in [-0.4, -0.2) is 19.7 Å². The molecule has 1 aromatic carbocycles. The van der Waals surface area contributed by atoms with Crippen molar-refractivity contribution < 1.29 is 5.11 Å². The summed E-state index contributed by atoms with van der Waals surface area (Å²) in [5, 5.41) is 17.6. The van der Waals surface area contributed by atoms with Gasteiger partial charge < -0.3 is 10.8 Å². The molecular formula is C13H12N4O. The molecule has 0 radical (unpaired) electrons. The third kappa shape index (κ3) is 1.70. The Bertz CT molecular complexity index is 688. The molecule has 0 aliphatic rings. The largest absolute Gasteiger partial charge is 0.508 e. The van der Waals surface area contributed by atoms with Gasteiger partial charge in [-0.1, -0.05) is 0 Å². The zero-order valence-electron chi connectivity index (χ0n) is 9.61. The lowest BCUT2D eigenvalue weighted by Gasteiger charge is -2.01. The van der Waals surface area contributed by atoms with Crippen molar-refractivity contribution in [2.24, 2.45) is 5.73 Å². The van der Waals surface area contributed by atoms with Crippen molar-refractivity contribution in [1.82, 2.24) is 14.6 Å². The van der Waals surface area contributed by atoms with E-state index in [0.717, 1.165) is 22.6 Å². The van der Waals surface area contributed by atoms with Crippen LogP contribution in [0.25, 0.3) is 17.0 Å². The van der Waals surface area contributed by atoms with Crippen LogP contribution in [0.1, 0.15) is 5.56 Å². The number of aromatic nitrogens is 3. The minimum Gasteiger partial charge on any atom is -0.508 e. The Morgan fingerprint density at radius 3 is 2.61 bits per heavy atom. The molecule has 3 rings (SSSR count). The number of fused-ring (bicyclic) bond motifs is 1. The number of nitrogens with zero attached hydrogens (tertiary/aromatic N) is 3. The van der Waals surface area contributed by atoms with Gasteiger partial charge in [-0.2, -0.15) is 0 Å². The molecule has 0 saturated carbocycles. The molecule has 0 fully saturated rings. The topological polar surface area (TPSA) is 76.4 Å². The van der Waals surface area contributed by atoms with Crippen LogP contribution < -0.4 is 5.73 Å². The van der Waals surface area contributed by atoms with Crippen molar-refractivity contribution in [3.63, 3.8) is 0 Å². The van der Waals surface area contributed by atoms with Crippen LogP contribution in [0.4, 0.5) is 0 Å². The van der Waals surface area contributed by atoms with Gasteiger partial charge in [0.1, 0.15) is 5.75 Å². The number of nitrogens with two attached hydrogens (primary N) is 1. The van der Waals surface area contributed by atoms with Crippen molar-refractivity contribution >= 4 is 5.65 Å². The first-order valence-electron chi connectivity index (χ1n) is 5.61. The van der Waals surface area contributed by atoms with E-state index in [1.165, 1.54) is 0 Å². The van der Waals surface area contributed by atoms with Crippen LogP contribution in [-0.2, 0) is 6.54 Å². The highest BCUT2D eigenvalue weighted by atomic mass is 16.3. The summed E-state index contributed by atoms with van der Waals surface area (Å²) < 4.78 is 1.89. The number of hydrogen-bond acceptors (Lipinski definition) is 4. The molecular weight excluding hydrogens is 228 g/mol. The van der Waals surface area contributed by atoms with Gasteiger partial charge in [-0.15, -0.1) is 10.2 Å². The quantitative estimate of drug-likeness (QED) is 0.712. The van der Waals surface area contributed by atoms with Gasteiger partial charge in [0, 0.05) is 18.3 Å². The normalized spacial score (nSPS) is 10.9. The number of pyridine rings is 1. The second-order valence-corrected chi connectivity index (χ2v) is 4.04. The summed E-state index contributed by atoms with van der Waals surface area (Å²) in [4.78, 5) is 0. The molecule has 2 aromatic heterocycles. The smallest absolute Gasteiger partial charge is 0.168 e. The van der Waals surface area contributed by atoms with Crippen LogP contribution in [0, 0.1) is 0 Å². The first-order chi connectivity index (χ1) is 8.78. The van der Waals surface area contributed by atoms with Gasteiger partial charge in [-0.05, 0) is 42.0 Å². The summed E-state index contributed by atoms with van der Waals surface area (Å²) in [6.07, 6.45) is 1.90. The Labute approximate surface area is 104 Å². The number of rotatable bonds is 2. The average molecular weight is 240 g/mol. The van der Waals surface area contributed by atoms with Gasteiger partial charge in [0.05, 0.1) is 0 Å². The third-order valence-electron chi connectivity index (χ3n) is 2.84. The number of phenolic OH excluding ortho intramolecular Hbond substituents is 1. The SMILES string of the molecule is NCc1ccn2c(-c3ccc(O)cc3)nnc2c1. The maximum absolute atomic E-state index is 9.28. The molecule has 3 aromatic rings. The highest BCUT2D eigenvalue weighted by Gasteiger charge is 2.07. The van der Waals surface area contributed by atoms with E-state index in [1.807, 2.05) is 34.9 Å². The Morgan fingerprint density at radius 1 is 1.11 bits per heavy atom. The lowest BCUT2D eigenvalue weighted by Crippen LogP contribution is -1.97. The van der Waals surface area contributed by atoms with Gasteiger partial charge in [-0.3, -0.25) is 4.40 Å². The lowest BCUT2D eigenvalue weighted by atomic mass is 10.2. The Hall–Kier alpha value is -2.40. The molecule has 0 aliphatic carbocycles. The zero-order valence-corrected chi connectivity index (χ0v) is 9.61. The number of aromatic hydroxyl groups is 1. The molecule has 0 atom stereocenters. The molecule has 0 saturated heterocycles. The fourth-order valence-corrected chi connectivity index (χ4v) is 1.87. The minimum absolute atomic E-state index is 0.234. The van der Waals surface area contributed by atoms with Crippen LogP contribution in [0.2, 0.25) is 0 Å². The number of phenols is 1. The van der Waals surface area contributed by atoms with E-state index in [0.29, 0.717) is 6.54 Å². The zero-order chi connectivity index (χ0) is 12.5. The summed E-state index contributed by atoms with van der Waals surface area (Å²) in [7, 11) is 0. The highest BCUT2D eigenvalue weighted by Crippen LogP contribution is 2.21. The minimum atomic E-state index is 0.234. The standard InChI is InChI=1S/C13H12N4O/c14-8-9-5-6-17-12(7-9)15-16-13(17)10-1-3-11(18)4-2-10/h1-7,18H,8,14H2. The molecule has 0 bridgehead atoms. The molecule has 5 nitrogen and oxygen atoms in total. The van der Waals surface area contributed by atoms with Crippen LogP contribution in [0.15, 0.2) is 42.6 Å². The number of hydrogen-bond donors (Lipinski definition) is 2. The van der Waals surface area contributed by atoms with E-state index < -0.39 is 0 Å². The van der Waals surface area contributed by atoms with E-state index in [4.69, 9.17) is 5.73 Å². The van der Waals surface area contributed by atoms with Crippen molar-refractivity contribution in [3.8, 4) is 17.1 Å². The van der Waals surface area contributed by atoms with Crippen molar-refractivity contribution in [2.45, 2.75) is 6.54 Å². The fraction of sp³-hybridized carbons (Fsp3) is 0.0769. The summed E-state index contributed by atoms with van der Waals surface area (Å²) >= 11 is 0. The second-order valence-electron chi connectivity index (χ2n) is 4.04. The maximum Gasteiger partial charge on any atom is 0.168 e. The van der Waals surface area contributed by atoms with Crippen molar-refractivity contribution in [3.05, 3.63) is 48.2 Å². The predicted molar refractivity (Wildman–Crippen MR) is 68.0 cm³/mol. The van der Waals surface area contributed by atoms with E-state index in [-0.39, 0.29) is 5.75 Å². The molecule has 2 heterocycles. The van der Waals surface area contributed by atoms with Gasteiger partial charge in [0.15, 0.2) is 11.5 Å². The highest BCUT2D eigenvalue weighted by molar-refractivity contribution is 5.60. The molecule has 3 N–H and O–H groups in total. The van der Waals surface area contributed by atoms with E-state index in [2.05, 4.69) is 10.2 Å². The Morgan fingerprint density at radius 2 is 1.89 bits per heavy atom. The molecule has 0 spiro atoms. The van der Waals surface area contributed by atoms with Crippen LogP contribution >= 0.6 is 0 Å². The van der Waals surface area contributed by atoms with E-state index >= 15 is 0 Å². The number of benzene rings is 1. The monoisotopic (exact) mass is 240 g/mol. The van der Waals surface area contributed by atoms with Crippen LogP contribution in [0.3, 0.4) is 0 Å². The predicted octanol–water partition coefficient (Wildman–Crippen LogP) is 1.56. The first kappa shape index (κ1) is 10.7. The van der Waals surface area contributed by atoms with Gasteiger partial charge >= 0.3 is 0 Å². The fourth-order valence-electron chi connectivity index (χ4n) is 1.87. The summed E-state index contributed by atoms with van der Waals surface area (Å²) in [5.74, 6) is 0.978. The van der Waals surface area contributed by atoms with Gasteiger partial charge in [0.2, 0.25) is 0 Å². The average Bonchev–Trinajstić information content (AvgIpc) is 2.82. The van der Waals surface area contributed by atoms with E-state index in [1.54, 1.807) is 12.1 Å². The van der Waals surface area contributed by atoms with Gasteiger partial charge in [0.25, 0.3) is 0 Å². The van der Waals surface area contributed by atoms with Crippen molar-refractivity contribution in [2.75, 3.05) is 0 Å². The molecule has 5 heteroatoms. The first-order valence-corrected chi connectivity index (χ1v) is 5.61. The molecule has 0 amide bonds. The Kier molecular flexibility index (Phi) is 2.46. The molecule has 0 aliphatic heterocycles. The third-order valence-corrected chi connectivity index (χ3v) is 2.84. The van der Waals surface area contributed by atoms with Crippen LogP contribution in [0.5, 0.6) is 5.75 Å². The Balaban J connectivity index is 2.15. The lowest BCUT2D eigenvalue weighted by molar-refractivity contribution is 0.475. The molecule has 0 unspecified atom stereocenters. The van der Waals surface area contributed by atoms with E-state index in [9.17, 15) is 5.11 Å². The molecule has 90 valence electrons. The second kappa shape index (κ2) is 4.12. The summed E-state index contributed by atoms with van der Waals surface area (Å²) in [6, 6.07) is 10.7. The van der Waals surface area contributed by atoms with Crippen molar-refractivity contribution in [1.29, 1.82) is 0 Å². The molecule has 18 heavy (non-hydrogen) atoms. The maximum atomic E-state index is 9.28.